The predicted molar refractivity (Wildman–Crippen MR) is 42.8 cm³/mol. The van der Waals surface area contributed by atoms with Gasteiger partial charge in [-0.05, 0) is 19.4 Å². The van der Waals surface area contributed by atoms with E-state index in [2.05, 4.69) is 10.2 Å². The van der Waals surface area contributed by atoms with Crippen LogP contribution in [0.1, 0.15) is 16.8 Å². The van der Waals surface area contributed by atoms with Gasteiger partial charge in [-0.3, -0.25) is 0 Å². The van der Waals surface area contributed by atoms with E-state index in [0.717, 1.165) is 11.3 Å². The van der Waals surface area contributed by atoms with Crippen LogP contribution in [0.4, 0.5) is 0 Å². The Labute approximate surface area is 70.8 Å². The summed E-state index contributed by atoms with van der Waals surface area (Å²) in [5.74, 6) is 0.292. The highest BCUT2D eigenvalue weighted by atomic mass is 16.5. The van der Waals surface area contributed by atoms with Crippen molar-refractivity contribution in [3.05, 3.63) is 16.8 Å². The molecule has 0 saturated heterocycles. The van der Waals surface area contributed by atoms with Gasteiger partial charge in [-0.25, -0.2) is 0 Å². The van der Waals surface area contributed by atoms with E-state index < -0.39 is 0 Å². The number of aromatic nitrogens is 2. The van der Waals surface area contributed by atoms with E-state index >= 15 is 0 Å². The average Bonchev–Trinajstić information content (AvgIpc) is 2.09. The minimum Gasteiger partial charge on any atom is -0.479 e. The summed E-state index contributed by atoms with van der Waals surface area (Å²) >= 11 is 0. The van der Waals surface area contributed by atoms with Gasteiger partial charge in [0.25, 0.3) is 5.88 Å². The van der Waals surface area contributed by atoms with Gasteiger partial charge in [0.2, 0.25) is 0 Å². The van der Waals surface area contributed by atoms with Gasteiger partial charge < -0.3 is 4.74 Å². The number of nitriles is 1. The third-order valence-corrected chi connectivity index (χ3v) is 1.73. The fourth-order valence-electron chi connectivity index (χ4n) is 0.861. The van der Waals surface area contributed by atoms with Crippen LogP contribution in [0.3, 0.4) is 0 Å². The van der Waals surface area contributed by atoms with Crippen LogP contribution in [-0.2, 0) is 0 Å². The second kappa shape index (κ2) is 3.18. The van der Waals surface area contributed by atoms with Gasteiger partial charge in [-0.2, -0.15) is 10.4 Å². The highest BCUT2D eigenvalue weighted by molar-refractivity contribution is 5.44. The molecule has 1 aromatic rings. The Morgan fingerprint density at radius 2 is 2.00 bits per heavy atom. The molecule has 1 rings (SSSR count). The van der Waals surface area contributed by atoms with Gasteiger partial charge in [0.1, 0.15) is 11.6 Å². The Bertz CT molecular complexity index is 341. The number of methoxy groups -OCH3 is 1. The molecule has 4 nitrogen and oxygen atoms in total. The van der Waals surface area contributed by atoms with Gasteiger partial charge in [-0.15, -0.1) is 5.10 Å². The van der Waals surface area contributed by atoms with Crippen molar-refractivity contribution in [2.45, 2.75) is 13.8 Å². The molecule has 0 aliphatic rings. The topological polar surface area (TPSA) is 58.8 Å². The van der Waals surface area contributed by atoms with Crippen molar-refractivity contribution in [1.82, 2.24) is 10.2 Å². The van der Waals surface area contributed by atoms with E-state index in [9.17, 15) is 0 Å². The molecule has 0 saturated carbocycles. The molecule has 1 aromatic heterocycles. The minimum absolute atomic E-state index is 0.292. The smallest absolute Gasteiger partial charge is 0.251 e. The molecule has 0 amide bonds. The molecule has 0 atom stereocenters. The van der Waals surface area contributed by atoms with Gasteiger partial charge >= 0.3 is 0 Å². The largest absolute Gasteiger partial charge is 0.479 e. The third kappa shape index (κ3) is 1.21. The second-order valence-corrected chi connectivity index (χ2v) is 2.41. The second-order valence-electron chi connectivity index (χ2n) is 2.41. The molecule has 0 aromatic carbocycles. The summed E-state index contributed by atoms with van der Waals surface area (Å²) in [5.41, 5.74) is 2.04. The van der Waals surface area contributed by atoms with E-state index in [4.69, 9.17) is 10.00 Å². The number of hydrogen-bond acceptors (Lipinski definition) is 4. The zero-order chi connectivity index (χ0) is 9.14. The highest BCUT2D eigenvalue weighted by Gasteiger charge is 2.09. The number of aryl methyl sites for hydroxylation is 1. The van der Waals surface area contributed by atoms with E-state index in [0.29, 0.717) is 11.4 Å². The standard InChI is InChI=1S/C8H9N3O/c1-5-6(2)10-11-8(12-3)7(5)4-9/h1-3H3. The SMILES string of the molecule is COc1nnc(C)c(C)c1C#N. The highest BCUT2D eigenvalue weighted by Crippen LogP contribution is 2.17. The molecular formula is C8H9N3O. The van der Waals surface area contributed by atoms with Crippen LogP contribution in [0.25, 0.3) is 0 Å². The number of nitrogens with zero attached hydrogens (tertiary/aromatic N) is 3. The van der Waals surface area contributed by atoms with Crippen LogP contribution in [0, 0.1) is 25.2 Å². The lowest BCUT2D eigenvalue weighted by molar-refractivity contribution is 0.389. The lowest BCUT2D eigenvalue weighted by atomic mass is 10.1. The first-order valence-corrected chi connectivity index (χ1v) is 3.48. The Kier molecular flexibility index (Phi) is 2.24. The van der Waals surface area contributed by atoms with Crippen molar-refractivity contribution in [1.29, 1.82) is 5.26 Å². The first-order chi connectivity index (χ1) is 5.70. The van der Waals surface area contributed by atoms with Crippen molar-refractivity contribution in [3.63, 3.8) is 0 Å². The van der Waals surface area contributed by atoms with Crippen LogP contribution >= 0.6 is 0 Å². The van der Waals surface area contributed by atoms with Gasteiger partial charge in [0.15, 0.2) is 0 Å². The van der Waals surface area contributed by atoms with E-state index in [1.165, 1.54) is 7.11 Å². The first-order valence-electron chi connectivity index (χ1n) is 3.48. The van der Waals surface area contributed by atoms with Crippen molar-refractivity contribution in [2.24, 2.45) is 0 Å². The predicted octanol–water partition coefficient (Wildman–Crippen LogP) is 0.974. The molecule has 0 bridgehead atoms. The lowest BCUT2D eigenvalue weighted by Gasteiger charge is -2.04. The summed E-state index contributed by atoms with van der Waals surface area (Å²) in [6.07, 6.45) is 0. The fourth-order valence-corrected chi connectivity index (χ4v) is 0.861. The maximum Gasteiger partial charge on any atom is 0.251 e. The van der Waals surface area contributed by atoms with Crippen molar-refractivity contribution in [3.8, 4) is 11.9 Å². The van der Waals surface area contributed by atoms with Crippen molar-refractivity contribution >= 4 is 0 Å². The summed E-state index contributed by atoms with van der Waals surface area (Å²) in [6, 6.07) is 2.03. The van der Waals surface area contributed by atoms with E-state index in [1.807, 2.05) is 19.9 Å². The van der Waals surface area contributed by atoms with Crippen LogP contribution in [0.15, 0.2) is 0 Å². The summed E-state index contributed by atoms with van der Waals surface area (Å²) in [6.45, 7) is 3.63. The van der Waals surface area contributed by atoms with Crippen LogP contribution in [-0.4, -0.2) is 17.3 Å². The molecule has 0 spiro atoms. The molecule has 0 N–H and O–H groups in total. The Morgan fingerprint density at radius 1 is 1.33 bits per heavy atom. The minimum atomic E-state index is 0.292. The molecule has 62 valence electrons. The maximum atomic E-state index is 8.76. The molecule has 0 fully saturated rings. The molecule has 0 radical (unpaired) electrons. The van der Waals surface area contributed by atoms with Crippen molar-refractivity contribution in [2.75, 3.05) is 7.11 Å². The first kappa shape index (κ1) is 8.47. The molecule has 0 aliphatic heterocycles. The molecular weight excluding hydrogens is 154 g/mol. The van der Waals surface area contributed by atoms with Gasteiger partial charge in [0, 0.05) is 0 Å². The normalized spacial score (nSPS) is 9.17. The summed E-state index contributed by atoms with van der Waals surface area (Å²) in [4.78, 5) is 0. The fraction of sp³-hybridized carbons (Fsp3) is 0.375. The lowest BCUT2D eigenvalue weighted by Crippen LogP contribution is -2.00. The Balaban J connectivity index is 3.38. The van der Waals surface area contributed by atoms with Crippen molar-refractivity contribution < 1.29 is 4.74 Å². The molecule has 1 heterocycles. The van der Waals surface area contributed by atoms with E-state index in [1.54, 1.807) is 0 Å². The molecule has 0 aliphatic carbocycles. The quantitative estimate of drug-likeness (QED) is 0.619. The monoisotopic (exact) mass is 163 g/mol. The molecule has 4 heteroatoms. The summed E-state index contributed by atoms with van der Waals surface area (Å²) in [7, 11) is 1.47. The number of ether oxygens (including phenoxy) is 1. The van der Waals surface area contributed by atoms with Crippen LogP contribution in [0.5, 0.6) is 5.88 Å². The number of rotatable bonds is 1. The zero-order valence-corrected chi connectivity index (χ0v) is 7.25. The van der Waals surface area contributed by atoms with Crippen LogP contribution in [0.2, 0.25) is 0 Å². The maximum absolute atomic E-state index is 8.76. The van der Waals surface area contributed by atoms with Gasteiger partial charge in [-0.1, -0.05) is 0 Å². The van der Waals surface area contributed by atoms with E-state index in [-0.39, 0.29) is 0 Å². The summed E-state index contributed by atoms with van der Waals surface area (Å²) in [5, 5.41) is 16.3. The molecule has 12 heavy (non-hydrogen) atoms. The van der Waals surface area contributed by atoms with Gasteiger partial charge in [0.05, 0.1) is 12.8 Å². The average molecular weight is 163 g/mol. The third-order valence-electron chi connectivity index (χ3n) is 1.73. The number of hydrogen-bond donors (Lipinski definition) is 0. The summed E-state index contributed by atoms with van der Waals surface area (Å²) < 4.78 is 4.88. The Hall–Kier alpha value is -1.63. The zero-order valence-electron chi connectivity index (χ0n) is 7.25. The van der Waals surface area contributed by atoms with Crippen LogP contribution < -0.4 is 4.74 Å². The molecule has 0 unspecified atom stereocenters. The Morgan fingerprint density at radius 3 is 2.50 bits per heavy atom.